The summed E-state index contributed by atoms with van der Waals surface area (Å²) in [5.74, 6) is 0. The van der Waals surface area contributed by atoms with E-state index in [9.17, 15) is 4.79 Å². The fourth-order valence-electron chi connectivity index (χ4n) is 0.609. The first-order chi connectivity index (χ1) is 4.63. The summed E-state index contributed by atoms with van der Waals surface area (Å²) >= 11 is 0. The second kappa shape index (κ2) is 5.25. The highest BCUT2D eigenvalue weighted by Gasteiger charge is 1.97. The monoisotopic (exact) mass is 162 g/mol. The second-order valence-electron chi connectivity index (χ2n) is 2.28. The van der Waals surface area contributed by atoms with Crippen molar-refractivity contribution in [3.05, 3.63) is 0 Å². The molecule has 0 bridgehead atoms. The summed E-state index contributed by atoms with van der Waals surface area (Å²) in [7, 11) is -1.43. The smallest absolute Gasteiger partial charge is 0.312 e. The van der Waals surface area contributed by atoms with Crippen molar-refractivity contribution in [2.24, 2.45) is 5.73 Å². The Labute approximate surface area is 62.1 Å². The Hall–Kier alpha value is -0.553. The van der Waals surface area contributed by atoms with E-state index in [4.69, 9.17) is 10.5 Å². The number of urea groups is 1. The van der Waals surface area contributed by atoms with Gasteiger partial charge in [-0.15, -0.1) is 0 Å². The first kappa shape index (κ1) is 9.45. The zero-order valence-electron chi connectivity index (χ0n) is 6.13. The minimum absolute atomic E-state index is 0.493. The van der Waals surface area contributed by atoms with E-state index < -0.39 is 15.1 Å². The van der Waals surface area contributed by atoms with Gasteiger partial charge in [0.25, 0.3) is 0 Å². The van der Waals surface area contributed by atoms with Crippen LogP contribution in [0.4, 0.5) is 4.79 Å². The number of hydrogen-bond donors (Lipinski definition) is 3. The molecular weight excluding hydrogens is 148 g/mol. The highest BCUT2D eigenvalue weighted by molar-refractivity contribution is 6.48. The summed E-state index contributed by atoms with van der Waals surface area (Å²) in [6.07, 6.45) is 0.826. The fourth-order valence-corrected chi connectivity index (χ4v) is 1.40. The van der Waals surface area contributed by atoms with Crippen molar-refractivity contribution < 1.29 is 9.59 Å². The molecule has 10 heavy (non-hydrogen) atoms. The van der Waals surface area contributed by atoms with Crippen LogP contribution < -0.4 is 11.1 Å². The molecule has 0 aliphatic carbocycles. The first-order valence-electron chi connectivity index (χ1n) is 3.34. The van der Waals surface area contributed by atoms with Gasteiger partial charge in [-0.1, -0.05) is 0 Å². The van der Waals surface area contributed by atoms with E-state index in [0.29, 0.717) is 6.54 Å². The first-order valence-corrected chi connectivity index (χ1v) is 5.83. The molecular formula is C5H14N2O2Si. The predicted molar refractivity (Wildman–Crippen MR) is 42.2 cm³/mol. The number of rotatable bonds is 4. The van der Waals surface area contributed by atoms with Crippen LogP contribution in [0, 0.1) is 0 Å². The van der Waals surface area contributed by atoms with E-state index in [0.717, 1.165) is 12.5 Å². The third-order valence-corrected chi connectivity index (χ3v) is 2.34. The quantitative estimate of drug-likeness (QED) is 0.381. The van der Waals surface area contributed by atoms with E-state index in [1.807, 2.05) is 6.55 Å². The molecule has 0 radical (unpaired) electrons. The molecule has 0 aromatic heterocycles. The van der Waals surface area contributed by atoms with E-state index in [2.05, 4.69) is 5.32 Å². The van der Waals surface area contributed by atoms with Gasteiger partial charge in [-0.2, -0.15) is 0 Å². The van der Waals surface area contributed by atoms with Gasteiger partial charge in [0, 0.05) is 6.54 Å². The average molecular weight is 162 g/mol. The summed E-state index contributed by atoms with van der Waals surface area (Å²) in [5.41, 5.74) is 4.81. The maximum Gasteiger partial charge on any atom is 0.312 e. The lowest BCUT2D eigenvalue weighted by Crippen LogP contribution is -2.30. The maximum absolute atomic E-state index is 10.1. The maximum atomic E-state index is 10.1. The Kier molecular flexibility index (Phi) is 4.96. The number of nitrogens with two attached hydrogens (primary N) is 1. The van der Waals surface area contributed by atoms with Crippen LogP contribution in [0.2, 0.25) is 12.6 Å². The van der Waals surface area contributed by atoms with Crippen molar-refractivity contribution in [1.82, 2.24) is 5.32 Å². The van der Waals surface area contributed by atoms with Gasteiger partial charge in [0.1, 0.15) is 0 Å². The molecule has 0 spiro atoms. The molecule has 1 unspecified atom stereocenters. The highest BCUT2D eigenvalue weighted by Crippen LogP contribution is 1.91. The standard InChI is InChI=1S/C5H14N2O2Si/c1-10(9)4-2-3-7-5(6)8/h9-10H,2-4H2,1H3,(H3,6,7,8). The molecule has 0 rings (SSSR count). The zero-order chi connectivity index (χ0) is 7.98. The molecule has 0 aliphatic heterocycles. The number of nitrogens with one attached hydrogen (secondary N) is 1. The summed E-state index contributed by atoms with van der Waals surface area (Å²) in [5, 5.41) is 2.45. The Morgan fingerprint density at radius 3 is 2.80 bits per heavy atom. The Morgan fingerprint density at radius 2 is 2.40 bits per heavy atom. The largest absolute Gasteiger partial charge is 0.435 e. The van der Waals surface area contributed by atoms with Gasteiger partial charge in [-0.25, -0.2) is 4.79 Å². The van der Waals surface area contributed by atoms with Gasteiger partial charge >= 0.3 is 6.03 Å². The highest BCUT2D eigenvalue weighted by atomic mass is 28.3. The minimum atomic E-state index is -1.43. The van der Waals surface area contributed by atoms with E-state index >= 15 is 0 Å². The molecule has 1 atom stereocenters. The average Bonchev–Trinajstić information content (AvgIpc) is 1.79. The molecule has 60 valence electrons. The third-order valence-electron chi connectivity index (χ3n) is 1.10. The van der Waals surface area contributed by atoms with E-state index in [1.54, 1.807) is 0 Å². The van der Waals surface area contributed by atoms with Gasteiger partial charge in [0.05, 0.1) is 0 Å². The van der Waals surface area contributed by atoms with Crippen molar-refractivity contribution in [2.75, 3.05) is 6.54 Å². The van der Waals surface area contributed by atoms with E-state index in [-0.39, 0.29) is 0 Å². The molecule has 0 aromatic carbocycles. The van der Waals surface area contributed by atoms with Crippen LogP contribution in [-0.2, 0) is 0 Å². The van der Waals surface area contributed by atoms with Crippen molar-refractivity contribution in [3.63, 3.8) is 0 Å². The van der Waals surface area contributed by atoms with Crippen LogP contribution in [0.25, 0.3) is 0 Å². The lowest BCUT2D eigenvalue weighted by Gasteiger charge is -2.01. The van der Waals surface area contributed by atoms with Crippen molar-refractivity contribution in [3.8, 4) is 0 Å². The van der Waals surface area contributed by atoms with Crippen LogP contribution in [0.3, 0.4) is 0 Å². The van der Waals surface area contributed by atoms with Gasteiger partial charge in [0.15, 0.2) is 9.04 Å². The van der Waals surface area contributed by atoms with Crippen molar-refractivity contribution in [1.29, 1.82) is 0 Å². The van der Waals surface area contributed by atoms with E-state index in [1.165, 1.54) is 0 Å². The molecule has 0 saturated carbocycles. The number of primary amides is 1. The SMILES string of the molecule is C[SiH](O)CCCNC(N)=O. The second-order valence-corrected chi connectivity index (χ2v) is 4.56. The topological polar surface area (TPSA) is 75.3 Å². The zero-order valence-corrected chi connectivity index (χ0v) is 7.29. The predicted octanol–water partition coefficient (Wildman–Crippen LogP) is -0.609. The molecule has 0 aromatic rings. The molecule has 4 N–H and O–H groups in total. The van der Waals surface area contributed by atoms with Gasteiger partial charge in [-0.3, -0.25) is 0 Å². The molecule has 0 saturated heterocycles. The van der Waals surface area contributed by atoms with Crippen molar-refractivity contribution in [2.45, 2.75) is 19.0 Å². The Morgan fingerprint density at radius 1 is 1.80 bits per heavy atom. The molecule has 2 amide bonds. The molecule has 5 heteroatoms. The summed E-state index contributed by atoms with van der Waals surface area (Å²) in [4.78, 5) is 19.0. The van der Waals surface area contributed by atoms with Crippen LogP contribution in [0.15, 0.2) is 0 Å². The lowest BCUT2D eigenvalue weighted by molar-refractivity contribution is 0.249. The van der Waals surface area contributed by atoms with Gasteiger partial charge in [0.2, 0.25) is 0 Å². The summed E-state index contributed by atoms with van der Waals surface area (Å²) in [6, 6.07) is 0.340. The number of carbonyl (C=O) groups is 1. The summed E-state index contributed by atoms with van der Waals surface area (Å²) in [6.45, 7) is 2.43. The van der Waals surface area contributed by atoms with Crippen LogP contribution in [0.1, 0.15) is 6.42 Å². The molecule has 0 aliphatic rings. The van der Waals surface area contributed by atoms with Crippen LogP contribution in [-0.4, -0.2) is 26.4 Å². The number of hydrogen-bond acceptors (Lipinski definition) is 2. The van der Waals surface area contributed by atoms with Crippen LogP contribution >= 0.6 is 0 Å². The third kappa shape index (κ3) is 7.45. The van der Waals surface area contributed by atoms with Crippen LogP contribution in [0.5, 0.6) is 0 Å². The lowest BCUT2D eigenvalue weighted by atomic mass is 10.5. The fraction of sp³-hybridized carbons (Fsp3) is 0.800. The number of amides is 2. The molecule has 0 fully saturated rings. The summed E-state index contributed by atoms with van der Waals surface area (Å²) < 4.78 is 0. The normalized spacial score (nSPS) is 12.6. The Balaban J connectivity index is 2.98. The molecule has 4 nitrogen and oxygen atoms in total. The minimum Gasteiger partial charge on any atom is -0.435 e. The Bertz CT molecular complexity index is 108. The van der Waals surface area contributed by atoms with Gasteiger partial charge in [-0.05, 0) is 19.0 Å². The van der Waals surface area contributed by atoms with Crippen molar-refractivity contribution >= 4 is 15.1 Å². The molecule has 0 heterocycles. The van der Waals surface area contributed by atoms with Gasteiger partial charge < -0.3 is 15.8 Å². The number of carbonyl (C=O) groups excluding carboxylic acids is 1.